The number of halogens is 1. The third-order valence-corrected chi connectivity index (χ3v) is 4.51. The predicted octanol–water partition coefficient (Wildman–Crippen LogP) is 2.83. The van der Waals surface area contributed by atoms with Gasteiger partial charge in [0.05, 0.1) is 23.2 Å². The van der Waals surface area contributed by atoms with Crippen molar-refractivity contribution in [2.75, 3.05) is 13.1 Å². The molecule has 5 nitrogen and oxygen atoms in total. The molecule has 1 aromatic carbocycles. The Morgan fingerprint density at radius 1 is 1.21 bits per heavy atom. The number of nitrogens with one attached hydrogen (secondary N) is 1. The zero-order valence-corrected chi connectivity index (χ0v) is 13.9. The van der Waals surface area contributed by atoms with Crippen LogP contribution in [0.25, 0.3) is 0 Å². The van der Waals surface area contributed by atoms with Crippen molar-refractivity contribution in [2.45, 2.75) is 18.9 Å². The minimum absolute atomic E-state index is 0.0361. The number of pyridine rings is 1. The molecule has 3 rings (SSSR count). The lowest BCUT2D eigenvalue weighted by Gasteiger charge is -2.25. The molecule has 1 aliphatic heterocycles. The first-order chi connectivity index (χ1) is 11.7. The van der Waals surface area contributed by atoms with Gasteiger partial charge in [0.1, 0.15) is 0 Å². The summed E-state index contributed by atoms with van der Waals surface area (Å²) >= 11 is 6.00. The molecule has 1 fully saturated rings. The van der Waals surface area contributed by atoms with Gasteiger partial charge in [-0.2, -0.15) is 0 Å². The molecule has 1 atom stereocenters. The molecule has 1 unspecified atom stereocenters. The highest BCUT2D eigenvalue weighted by molar-refractivity contribution is 6.33. The minimum Gasteiger partial charge on any atom is -0.343 e. The molecule has 2 amide bonds. The van der Waals surface area contributed by atoms with Crippen molar-refractivity contribution in [1.82, 2.24) is 15.2 Å². The number of aromatic nitrogens is 1. The summed E-state index contributed by atoms with van der Waals surface area (Å²) < 4.78 is 0. The zero-order valence-electron chi connectivity index (χ0n) is 13.1. The second kappa shape index (κ2) is 7.45. The summed E-state index contributed by atoms with van der Waals surface area (Å²) in [5.41, 5.74) is 1.45. The van der Waals surface area contributed by atoms with Crippen molar-refractivity contribution in [1.29, 1.82) is 0 Å². The zero-order chi connectivity index (χ0) is 16.9. The van der Waals surface area contributed by atoms with Crippen LogP contribution in [0.5, 0.6) is 0 Å². The Bertz CT molecular complexity index is 736. The summed E-state index contributed by atoms with van der Waals surface area (Å²) in [4.78, 5) is 30.5. The lowest BCUT2D eigenvalue weighted by atomic mass is 10.1. The van der Waals surface area contributed by atoms with Crippen LogP contribution >= 0.6 is 11.6 Å². The number of rotatable bonds is 4. The maximum atomic E-state index is 12.5. The first kappa shape index (κ1) is 16.5. The number of hydrogen-bond acceptors (Lipinski definition) is 3. The molecule has 0 bridgehead atoms. The number of carbonyl (C=O) groups is 2. The topological polar surface area (TPSA) is 62.3 Å². The highest BCUT2D eigenvalue weighted by Crippen LogP contribution is 2.31. The summed E-state index contributed by atoms with van der Waals surface area (Å²) in [5, 5.41) is 3.03. The van der Waals surface area contributed by atoms with Crippen LogP contribution in [0.15, 0.2) is 48.8 Å². The van der Waals surface area contributed by atoms with Gasteiger partial charge in [0.25, 0.3) is 5.91 Å². The van der Waals surface area contributed by atoms with Crippen LogP contribution in [0.3, 0.4) is 0 Å². The van der Waals surface area contributed by atoms with Gasteiger partial charge in [-0.25, -0.2) is 0 Å². The molecule has 124 valence electrons. The van der Waals surface area contributed by atoms with Gasteiger partial charge in [-0.15, -0.1) is 0 Å². The average Bonchev–Trinajstić information content (AvgIpc) is 3.10. The number of carbonyl (C=O) groups excluding carboxylic acids is 2. The van der Waals surface area contributed by atoms with Crippen molar-refractivity contribution in [2.24, 2.45) is 0 Å². The van der Waals surface area contributed by atoms with Gasteiger partial charge >= 0.3 is 0 Å². The lowest BCUT2D eigenvalue weighted by molar-refractivity contribution is -0.131. The van der Waals surface area contributed by atoms with Crippen molar-refractivity contribution in [3.05, 3.63) is 64.9 Å². The average molecular weight is 344 g/mol. The van der Waals surface area contributed by atoms with Gasteiger partial charge in [0.15, 0.2) is 0 Å². The molecule has 6 heteroatoms. The standard InChI is InChI=1S/C18H18ClN3O2/c19-15-5-2-1-4-14(15)18(24)21-12-17(23)22-11-3-6-16(22)13-7-9-20-10-8-13/h1-2,4-5,7-10,16H,3,6,11-12H2,(H,21,24). The normalized spacial score (nSPS) is 16.9. The summed E-state index contributed by atoms with van der Waals surface area (Å²) in [7, 11) is 0. The maximum absolute atomic E-state index is 12.5. The third-order valence-electron chi connectivity index (χ3n) is 4.18. The van der Waals surface area contributed by atoms with Gasteiger partial charge < -0.3 is 10.2 Å². The molecule has 1 N–H and O–H groups in total. The van der Waals surface area contributed by atoms with Crippen LogP contribution in [0.2, 0.25) is 5.02 Å². The molecule has 0 radical (unpaired) electrons. The van der Waals surface area contributed by atoms with E-state index in [2.05, 4.69) is 10.3 Å². The van der Waals surface area contributed by atoms with E-state index in [0.29, 0.717) is 17.1 Å². The highest BCUT2D eigenvalue weighted by atomic mass is 35.5. The van der Waals surface area contributed by atoms with E-state index < -0.39 is 0 Å². The molecule has 1 aliphatic rings. The third kappa shape index (κ3) is 3.57. The summed E-state index contributed by atoms with van der Waals surface area (Å²) in [5.74, 6) is -0.427. The van der Waals surface area contributed by atoms with Gasteiger partial charge in [-0.1, -0.05) is 23.7 Å². The molecule has 1 aromatic heterocycles. The van der Waals surface area contributed by atoms with Gasteiger partial charge in [0.2, 0.25) is 5.91 Å². The first-order valence-electron chi connectivity index (χ1n) is 7.89. The number of amides is 2. The van der Waals surface area contributed by atoms with E-state index in [-0.39, 0.29) is 24.4 Å². The first-order valence-corrected chi connectivity index (χ1v) is 8.27. The Kier molecular flexibility index (Phi) is 5.11. The Balaban J connectivity index is 1.62. The largest absolute Gasteiger partial charge is 0.343 e. The van der Waals surface area contributed by atoms with Crippen molar-refractivity contribution >= 4 is 23.4 Å². The van der Waals surface area contributed by atoms with Crippen LogP contribution in [0.4, 0.5) is 0 Å². The van der Waals surface area contributed by atoms with Crippen LogP contribution in [0, 0.1) is 0 Å². The summed E-state index contributed by atoms with van der Waals surface area (Å²) in [6, 6.07) is 10.7. The molecule has 0 saturated carbocycles. The van der Waals surface area contributed by atoms with Crippen LogP contribution in [-0.2, 0) is 4.79 Å². The van der Waals surface area contributed by atoms with E-state index in [4.69, 9.17) is 11.6 Å². The van der Waals surface area contributed by atoms with Crippen molar-refractivity contribution in [3.8, 4) is 0 Å². The molecule has 0 aliphatic carbocycles. The SMILES string of the molecule is O=C(NCC(=O)N1CCCC1c1ccncc1)c1ccccc1Cl. The highest BCUT2D eigenvalue weighted by Gasteiger charge is 2.29. The fraction of sp³-hybridized carbons (Fsp3) is 0.278. The monoisotopic (exact) mass is 343 g/mol. The maximum Gasteiger partial charge on any atom is 0.253 e. The van der Waals surface area contributed by atoms with E-state index in [9.17, 15) is 9.59 Å². The molecular weight excluding hydrogens is 326 g/mol. The molecule has 2 aromatic rings. The van der Waals surface area contributed by atoms with Crippen molar-refractivity contribution < 1.29 is 9.59 Å². The fourth-order valence-corrected chi connectivity index (χ4v) is 3.22. The van der Waals surface area contributed by atoms with Gasteiger partial charge in [0, 0.05) is 18.9 Å². The minimum atomic E-state index is -0.339. The summed E-state index contributed by atoms with van der Waals surface area (Å²) in [6.45, 7) is 0.666. The second-order valence-corrected chi connectivity index (χ2v) is 6.10. The predicted molar refractivity (Wildman–Crippen MR) is 91.7 cm³/mol. The van der Waals surface area contributed by atoms with Crippen LogP contribution in [-0.4, -0.2) is 34.8 Å². The van der Waals surface area contributed by atoms with E-state index in [1.165, 1.54) is 0 Å². The fourth-order valence-electron chi connectivity index (χ4n) is 3.00. The van der Waals surface area contributed by atoms with Crippen molar-refractivity contribution in [3.63, 3.8) is 0 Å². The van der Waals surface area contributed by atoms with E-state index in [0.717, 1.165) is 18.4 Å². The smallest absolute Gasteiger partial charge is 0.253 e. The Labute approximate surface area is 145 Å². The van der Waals surface area contributed by atoms with Crippen LogP contribution < -0.4 is 5.32 Å². The molecule has 2 heterocycles. The Morgan fingerprint density at radius 3 is 2.71 bits per heavy atom. The Morgan fingerprint density at radius 2 is 1.96 bits per heavy atom. The molecule has 1 saturated heterocycles. The lowest BCUT2D eigenvalue weighted by Crippen LogP contribution is -2.39. The number of benzene rings is 1. The number of likely N-dealkylation sites (tertiary alicyclic amines) is 1. The molecular formula is C18H18ClN3O2. The van der Waals surface area contributed by atoms with Crippen LogP contribution in [0.1, 0.15) is 34.8 Å². The van der Waals surface area contributed by atoms with Gasteiger partial charge in [-0.05, 0) is 42.7 Å². The summed E-state index contributed by atoms with van der Waals surface area (Å²) in [6.07, 6.45) is 5.34. The molecule has 0 spiro atoms. The quantitative estimate of drug-likeness (QED) is 0.928. The van der Waals surface area contributed by atoms with E-state index in [1.54, 1.807) is 36.7 Å². The van der Waals surface area contributed by atoms with E-state index >= 15 is 0 Å². The Hall–Kier alpha value is -2.40. The second-order valence-electron chi connectivity index (χ2n) is 5.69. The number of nitrogens with zero attached hydrogens (tertiary/aromatic N) is 2. The molecule has 24 heavy (non-hydrogen) atoms. The van der Waals surface area contributed by atoms with E-state index in [1.807, 2.05) is 17.0 Å². The number of hydrogen-bond donors (Lipinski definition) is 1. The van der Waals surface area contributed by atoms with Gasteiger partial charge in [-0.3, -0.25) is 14.6 Å².